The van der Waals surface area contributed by atoms with Crippen LogP contribution >= 0.6 is 0 Å². The predicted molar refractivity (Wildman–Crippen MR) is 120 cm³/mol. The summed E-state index contributed by atoms with van der Waals surface area (Å²) >= 11 is 0. The van der Waals surface area contributed by atoms with E-state index in [1.165, 1.54) is 24.3 Å². The van der Waals surface area contributed by atoms with Gasteiger partial charge in [-0.25, -0.2) is 8.78 Å². The second kappa shape index (κ2) is 11.0. The SMILES string of the molecule is NCCC[C@H](N)CNCCc1cc(-c2ccc(F)cc2)cc(-c2ccc(F)cc2)c1. The van der Waals surface area contributed by atoms with Gasteiger partial charge in [0, 0.05) is 12.6 Å². The van der Waals surface area contributed by atoms with E-state index in [0.717, 1.165) is 60.2 Å². The van der Waals surface area contributed by atoms with E-state index in [1.54, 1.807) is 24.3 Å². The molecule has 0 aliphatic carbocycles. The van der Waals surface area contributed by atoms with Crippen LogP contribution in [0.1, 0.15) is 18.4 Å². The fourth-order valence-electron chi connectivity index (χ4n) is 3.46. The van der Waals surface area contributed by atoms with E-state index in [2.05, 4.69) is 23.5 Å². The van der Waals surface area contributed by atoms with Crippen molar-refractivity contribution in [3.63, 3.8) is 0 Å². The zero-order chi connectivity index (χ0) is 21.3. The van der Waals surface area contributed by atoms with Crippen LogP contribution < -0.4 is 16.8 Å². The van der Waals surface area contributed by atoms with E-state index < -0.39 is 0 Å². The third-order valence-electron chi connectivity index (χ3n) is 5.12. The molecule has 3 rings (SSSR count). The summed E-state index contributed by atoms with van der Waals surface area (Å²) in [6.45, 7) is 2.21. The zero-order valence-corrected chi connectivity index (χ0v) is 17.1. The third kappa shape index (κ3) is 6.46. The summed E-state index contributed by atoms with van der Waals surface area (Å²) in [4.78, 5) is 0. The van der Waals surface area contributed by atoms with Crippen LogP contribution in [0.25, 0.3) is 22.3 Å². The van der Waals surface area contributed by atoms with Gasteiger partial charge in [0.15, 0.2) is 0 Å². The van der Waals surface area contributed by atoms with E-state index in [0.29, 0.717) is 6.54 Å². The number of nitrogens with one attached hydrogen (secondary N) is 1. The van der Waals surface area contributed by atoms with Crippen LogP contribution in [0, 0.1) is 11.6 Å². The topological polar surface area (TPSA) is 64.1 Å². The van der Waals surface area contributed by atoms with Crippen molar-refractivity contribution in [2.45, 2.75) is 25.3 Å². The van der Waals surface area contributed by atoms with Crippen molar-refractivity contribution < 1.29 is 8.78 Å². The van der Waals surface area contributed by atoms with Crippen molar-refractivity contribution in [2.24, 2.45) is 11.5 Å². The summed E-state index contributed by atoms with van der Waals surface area (Å²) in [6, 6.07) is 19.4. The molecule has 3 nitrogen and oxygen atoms in total. The second-order valence-corrected chi connectivity index (χ2v) is 7.58. The monoisotopic (exact) mass is 409 g/mol. The number of hydrogen-bond acceptors (Lipinski definition) is 3. The number of benzene rings is 3. The molecule has 0 radical (unpaired) electrons. The molecule has 0 aliphatic heterocycles. The average molecular weight is 410 g/mol. The molecule has 5 heteroatoms. The van der Waals surface area contributed by atoms with Gasteiger partial charge in [0.1, 0.15) is 11.6 Å². The fraction of sp³-hybridized carbons (Fsp3) is 0.280. The first kappa shape index (κ1) is 22.1. The highest BCUT2D eigenvalue weighted by molar-refractivity contribution is 5.74. The molecule has 0 heterocycles. The Bertz CT molecular complexity index is 860. The van der Waals surface area contributed by atoms with Crippen molar-refractivity contribution in [2.75, 3.05) is 19.6 Å². The lowest BCUT2D eigenvalue weighted by Gasteiger charge is -2.14. The van der Waals surface area contributed by atoms with E-state index in [9.17, 15) is 8.78 Å². The van der Waals surface area contributed by atoms with Crippen LogP contribution in [-0.2, 0) is 6.42 Å². The minimum absolute atomic E-state index is 0.105. The molecule has 0 aromatic heterocycles. The Balaban J connectivity index is 1.77. The molecule has 0 saturated carbocycles. The summed E-state index contributed by atoms with van der Waals surface area (Å²) in [5.74, 6) is -0.521. The first-order chi connectivity index (χ1) is 14.5. The molecule has 1 atom stereocenters. The minimum atomic E-state index is -0.260. The van der Waals surface area contributed by atoms with E-state index in [4.69, 9.17) is 11.5 Å². The highest BCUT2D eigenvalue weighted by Crippen LogP contribution is 2.29. The Morgan fingerprint density at radius 3 is 1.80 bits per heavy atom. The standard InChI is InChI=1S/C25H29F2N3/c26-23-7-3-19(4-8-23)21-14-18(11-13-30-17-25(29)2-1-12-28)15-22(16-21)20-5-9-24(27)10-6-20/h3-10,14-16,25,30H,1-2,11-13,17,28-29H2/t25-/m0/s1. The summed E-state index contributed by atoms with van der Waals surface area (Å²) in [7, 11) is 0. The Kier molecular flexibility index (Phi) is 8.08. The maximum absolute atomic E-state index is 13.4. The van der Waals surface area contributed by atoms with E-state index in [-0.39, 0.29) is 17.7 Å². The number of halogens is 2. The van der Waals surface area contributed by atoms with Crippen LogP contribution in [-0.4, -0.2) is 25.7 Å². The van der Waals surface area contributed by atoms with Gasteiger partial charge >= 0.3 is 0 Å². The molecular weight excluding hydrogens is 380 g/mol. The summed E-state index contributed by atoms with van der Waals surface area (Å²) in [6.07, 6.45) is 2.68. The van der Waals surface area contributed by atoms with Crippen molar-refractivity contribution in [1.29, 1.82) is 0 Å². The lowest BCUT2D eigenvalue weighted by molar-refractivity contribution is 0.532. The molecule has 0 spiro atoms. The molecule has 0 bridgehead atoms. The van der Waals surface area contributed by atoms with Crippen molar-refractivity contribution in [1.82, 2.24) is 5.32 Å². The number of nitrogens with two attached hydrogens (primary N) is 2. The molecule has 5 N–H and O–H groups in total. The quantitative estimate of drug-likeness (QED) is 0.432. The van der Waals surface area contributed by atoms with Crippen LogP contribution in [0.15, 0.2) is 66.7 Å². The molecular formula is C25H29F2N3. The minimum Gasteiger partial charge on any atom is -0.330 e. The van der Waals surface area contributed by atoms with Crippen LogP contribution in [0.5, 0.6) is 0 Å². The van der Waals surface area contributed by atoms with Gasteiger partial charge in [-0.05, 0) is 90.5 Å². The Morgan fingerprint density at radius 1 is 0.767 bits per heavy atom. The van der Waals surface area contributed by atoms with Gasteiger partial charge in [-0.2, -0.15) is 0 Å². The van der Waals surface area contributed by atoms with Crippen molar-refractivity contribution in [3.05, 3.63) is 83.9 Å². The van der Waals surface area contributed by atoms with Crippen LogP contribution in [0.3, 0.4) is 0 Å². The van der Waals surface area contributed by atoms with E-state index in [1.807, 2.05) is 0 Å². The Labute approximate surface area is 177 Å². The second-order valence-electron chi connectivity index (χ2n) is 7.58. The molecule has 0 aliphatic rings. The highest BCUT2D eigenvalue weighted by Gasteiger charge is 2.07. The van der Waals surface area contributed by atoms with E-state index >= 15 is 0 Å². The zero-order valence-electron chi connectivity index (χ0n) is 17.1. The average Bonchev–Trinajstić information content (AvgIpc) is 2.76. The molecule has 3 aromatic rings. The lowest BCUT2D eigenvalue weighted by atomic mass is 9.95. The van der Waals surface area contributed by atoms with Crippen molar-refractivity contribution >= 4 is 0 Å². The summed E-state index contributed by atoms with van der Waals surface area (Å²) in [5, 5.41) is 3.41. The molecule has 0 unspecified atom stereocenters. The smallest absolute Gasteiger partial charge is 0.123 e. The molecule has 0 fully saturated rings. The fourth-order valence-corrected chi connectivity index (χ4v) is 3.46. The van der Waals surface area contributed by atoms with Gasteiger partial charge in [-0.1, -0.05) is 36.4 Å². The van der Waals surface area contributed by atoms with Gasteiger partial charge in [-0.15, -0.1) is 0 Å². The maximum Gasteiger partial charge on any atom is 0.123 e. The number of hydrogen-bond donors (Lipinski definition) is 3. The first-order valence-electron chi connectivity index (χ1n) is 10.4. The highest BCUT2D eigenvalue weighted by atomic mass is 19.1. The normalized spacial score (nSPS) is 12.1. The molecule has 30 heavy (non-hydrogen) atoms. The Morgan fingerprint density at radius 2 is 1.30 bits per heavy atom. The van der Waals surface area contributed by atoms with Gasteiger partial charge in [0.25, 0.3) is 0 Å². The lowest BCUT2D eigenvalue weighted by Crippen LogP contribution is -2.35. The summed E-state index contributed by atoms with van der Waals surface area (Å²) < 4.78 is 26.7. The predicted octanol–water partition coefficient (Wildman–Crippen LogP) is 4.50. The van der Waals surface area contributed by atoms with Crippen molar-refractivity contribution in [3.8, 4) is 22.3 Å². The largest absolute Gasteiger partial charge is 0.330 e. The van der Waals surface area contributed by atoms with Gasteiger partial charge in [0.2, 0.25) is 0 Å². The third-order valence-corrected chi connectivity index (χ3v) is 5.12. The molecule has 0 saturated heterocycles. The molecule has 3 aromatic carbocycles. The first-order valence-corrected chi connectivity index (χ1v) is 10.4. The molecule has 158 valence electrons. The molecule has 0 amide bonds. The van der Waals surface area contributed by atoms with Crippen LogP contribution in [0.2, 0.25) is 0 Å². The van der Waals surface area contributed by atoms with Gasteiger partial charge < -0.3 is 16.8 Å². The Hall–Kier alpha value is -2.60. The maximum atomic E-state index is 13.4. The van der Waals surface area contributed by atoms with Gasteiger partial charge in [0.05, 0.1) is 0 Å². The van der Waals surface area contributed by atoms with Gasteiger partial charge in [-0.3, -0.25) is 0 Å². The van der Waals surface area contributed by atoms with Crippen LogP contribution in [0.4, 0.5) is 8.78 Å². The number of rotatable bonds is 10. The summed E-state index contributed by atoms with van der Waals surface area (Å²) in [5.41, 5.74) is 16.7.